The molecule has 0 atom stereocenters. The summed E-state index contributed by atoms with van der Waals surface area (Å²) < 4.78 is 7.00. The average Bonchev–Trinajstić information content (AvgIpc) is 2.75. The van der Waals surface area contributed by atoms with E-state index < -0.39 is 0 Å². The molecule has 0 aliphatic carbocycles. The number of para-hydroxylation sites is 1. The second-order valence-electron chi connectivity index (χ2n) is 3.56. The van der Waals surface area contributed by atoms with E-state index in [2.05, 4.69) is 18.0 Å². The minimum atomic E-state index is 0.297. The number of benzene rings is 1. The number of unbranched alkanes of at least 4 members (excludes halogenated alkanes) is 1. The summed E-state index contributed by atoms with van der Waals surface area (Å²) in [6, 6.07) is 9.99. The molecular formula is C13H15NOSe. The first-order valence-electron chi connectivity index (χ1n) is 5.52. The quantitative estimate of drug-likeness (QED) is 0.780. The third-order valence-corrected chi connectivity index (χ3v) is 4.15. The number of ether oxygens (including phenoxy) is 1. The number of hydrogen-bond donors (Lipinski definition) is 0. The van der Waals surface area contributed by atoms with E-state index in [4.69, 9.17) is 4.74 Å². The van der Waals surface area contributed by atoms with Gasteiger partial charge in [-0.15, -0.1) is 0 Å². The molecule has 84 valence electrons. The summed E-state index contributed by atoms with van der Waals surface area (Å²) in [5.41, 5.74) is 0.983. The van der Waals surface area contributed by atoms with Gasteiger partial charge >= 0.3 is 102 Å². The summed E-state index contributed by atoms with van der Waals surface area (Å²) in [4.78, 5) is 5.40. The van der Waals surface area contributed by atoms with Crippen molar-refractivity contribution in [1.29, 1.82) is 0 Å². The van der Waals surface area contributed by atoms with Gasteiger partial charge in [0, 0.05) is 0 Å². The molecule has 1 aromatic carbocycles. The third kappa shape index (κ3) is 3.22. The molecule has 1 aromatic rings. The monoisotopic (exact) mass is 281 g/mol. The SMILES string of the molecule is CCC/C=C1/COC(=Nc2ccccc2)[Se]1. The maximum atomic E-state index is 5.58. The second kappa shape index (κ2) is 5.88. The molecule has 0 radical (unpaired) electrons. The topological polar surface area (TPSA) is 21.6 Å². The molecule has 0 unspecified atom stereocenters. The van der Waals surface area contributed by atoms with Crippen LogP contribution in [0.2, 0.25) is 0 Å². The van der Waals surface area contributed by atoms with E-state index >= 15 is 0 Å². The van der Waals surface area contributed by atoms with Crippen molar-refractivity contribution in [2.24, 2.45) is 4.99 Å². The van der Waals surface area contributed by atoms with Crippen LogP contribution < -0.4 is 0 Å². The Morgan fingerprint density at radius 1 is 1.38 bits per heavy atom. The van der Waals surface area contributed by atoms with Crippen molar-refractivity contribution in [2.45, 2.75) is 19.8 Å². The first kappa shape index (κ1) is 11.4. The Balaban J connectivity index is 2.01. The average molecular weight is 280 g/mol. The van der Waals surface area contributed by atoms with Crippen LogP contribution in [0.15, 0.2) is 45.9 Å². The van der Waals surface area contributed by atoms with Crippen molar-refractivity contribution in [1.82, 2.24) is 0 Å². The Labute approximate surface area is 103 Å². The molecule has 16 heavy (non-hydrogen) atoms. The Hall–Kier alpha value is -1.05. The van der Waals surface area contributed by atoms with E-state index in [9.17, 15) is 0 Å². The molecule has 2 rings (SSSR count). The van der Waals surface area contributed by atoms with E-state index in [0.717, 1.165) is 23.5 Å². The maximum absolute atomic E-state index is 5.58. The number of allylic oxidation sites excluding steroid dienone is 1. The summed E-state index contributed by atoms with van der Waals surface area (Å²) in [5, 5.41) is 0. The molecule has 0 bridgehead atoms. The van der Waals surface area contributed by atoms with Crippen LogP contribution in [-0.2, 0) is 4.74 Å². The molecule has 2 nitrogen and oxygen atoms in total. The van der Waals surface area contributed by atoms with E-state index in [1.54, 1.807) is 0 Å². The van der Waals surface area contributed by atoms with Gasteiger partial charge in [-0.3, -0.25) is 0 Å². The van der Waals surface area contributed by atoms with Gasteiger partial charge in [-0.05, 0) is 0 Å². The van der Waals surface area contributed by atoms with Gasteiger partial charge in [0.15, 0.2) is 0 Å². The van der Waals surface area contributed by atoms with Crippen molar-refractivity contribution < 1.29 is 4.74 Å². The minimum absolute atomic E-state index is 0.297. The fourth-order valence-electron chi connectivity index (χ4n) is 1.37. The molecule has 3 heteroatoms. The predicted molar refractivity (Wildman–Crippen MR) is 68.2 cm³/mol. The molecule has 1 heterocycles. The van der Waals surface area contributed by atoms with Crippen molar-refractivity contribution in [2.75, 3.05) is 6.61 Å². The zero-order valence-electron chi connectivity index (χ0n) is 9.35. The Kier molecular flexibility index (Phi) is 4.20. The molecule has 0 N–H and O–H groups in total. The number of aliphatic imine (C=N–C) groups is 1. The number of rotatable bonds is 3. The predicted octanol–water partition coefficient (Wildman–Crippen LogP) is 3.09. The van der Waals surface area contributed by atoms with Crippen LogP contribution in [0.4, 0.5) is 5.69 Å². The Morgan fingerprint density at radius 3 is 2.94 bits per heavy atom. The summed E-state index contributed by atoms with van der Waals surface area (Å²) >= 11 is 0.297. The molecule has 1 aliphatic heterocycles. The van der Waals surface area contributed by atoms with E-state index in [1.807, 2.05) is 30.3 Å². The first-order valence-corrected chi connectivity index (χ1v) is 7.23. The zero-order valence-corrected chi connectivity index (χ0v) is 11.1. The molecule has 0 spiro atoms. The fraction of sp³-hybridized carbons (Fsp3) is 0.308. The Morgan fingerprint density at radius 2 is 2.19 bits per heavy atom. The van der Waals surface area contributed by atoms with Crippen LogP contribution in [0.25, 0.3) is 0 Å². The van der Waals surface area contributed by atoms with E-state index in [1.165, 1.54) is 10.9 Å². The standard InChI is InChI=1S/C13H15NOSe/c1-2-3-9-12-10-15-13(16-12)14-11-7-5-4-6-8-11/h4-9H,2-3,10H2,1H3/b12-9-,14-13?. The molecule has 1 aliphatic rings. The number of nitrogens with zero attached hydrogens (tertiary/aromatic N) is 1. The van der Waals surface area contributed by atoms with Gasteiger partial charge in [0.2, 0.25) is 0 Å². The summed E-state index contributed by atoms with van der Waals surface area (Å²) in [7, 11) is 0. The van der Waals surface area contributed by atoms with E-state index in [-0.39, 0.29) is 0 Å². The summed E-state index contributed by atoms with van der Waals surface area (Å²) in [5.74, 6) is 0. The Bertz CT molecular complexity index is 398. The molecule has 0 aromatic heterocycles. The molecule has 1 fully saturated rings. The van der Waals surface area contributed by atoms with Gasteiger partial charge in [0.05, 0.1) is 0 Å². The zero-order chi connectivity index (χ0) is 11.2. The van der Waals surface area contributed by atoms with Gasteiger partial charge in [-0.1, -0.05) is 0 Å². The first-order chi connectivity index (χ1) is 7.88. The third-order valence-electron chi connectivity index (χ3n) is 2.19. The van der Waals surface area contributed by atoms with Gasteiger partial charge in [-0.2, -0.15) is 0 Å². The molecular weight excluding hydrogens is 265 g/mol. The van der Waals surface area contributed by atoms with Gasteiger partial charge < -0.3 is 0 Å². The molecule has 0 amide bonds. The second-order valence-corrected chi connectivity index (χ2v) is 5.82. The van der Waals surface area contributed by atoms with Crippen LogP contribution in [0.1, 0.15) is 19.8 Å². The van der Waals surface area contributed by atoms with Crippen molar-refractivity contribution >= 4 is 25.4 Å². The van der Waals surface area contributed by atoms with Crippen LogP contribution in [0.5, 0.6) is 0 Å². The fourth-order valence-corrected chi connectivity index (χ4v) is 3.08. The van der Waals surface area contributed by atoms with Crippen molar-refractivity contribution in [3.63, 3.8) is 0 Å². The van der Waals surface area contributed by atoms with Crippen LogP contribution in [-0.4, -0.2) is 26.4 Å². The molecule has 1 saturated heterocycles. The van der Waals surface area contributed by atoms with Crippen molar-refractivity contribution in [3.8, 4) is 0 Å². The van der Waals surface area contributed by atoms with Crippen LogP contribution in [0, 0.1) is 0 Å². The van der Waals surface area contributed by atoms with Gasteiger partial charge in [0.1, 0.15) is 0 Å². The van der Waals surface area contributed by atoms with Crippen molar-refractivity contribution in [3.05, 3.63) is 40.9 Å². The molecule has 0 saturated carbocycles. The van der Waals surface area contributed by atoms with Crippen LogP contribution >= 0.6 is 0 Å². The van der Waals surface area contributed by atoms with Gasteiger partial charge in [-0.25, -0.2) is 0 Å². The van der Waals surface area contributed by atoms with Crippen LogP contribution in [0.3, 0.4) is 0 Å². The summed E-state index contributed by atoms with van der Waals surface area (Å²) in [6.45, 7) is 2.94. The summed E-state index contributed by atoms with van der Waals surface area (Å²) in [6.07, 6.45) is 4.65. The van der Waals surface area contributed by atoms with Gasteiger partial charge in [0.25, 0.3) is 0 Å². The normalized spacial score (nSPS) is 20.3. The van der Waals surface area contributed by atoms with E-state index in [0.29, 0.717) is 15.0 Å². The number of hydrogen-bond acceptors (Lipinski definition) is 2.